The smallest absolute Gasteiger partial charge is 0.222 e. The molecular formula is C18H24N4O. The van der Waals surface area contributed by atoms with Gasteiger partial charge < -0.3 is 16.2 Å². The molecule has 1 heterocycles. The summed E-state index contributed by atoms with van der Waals surface area (Å²) in [5.41, 5.74) is 12.9. The Hall–Kier alpha value is -2.04. The van der Waals surface area contributed by atoms with E-state index in [1.807, 2.05) is 18.2 Å². The minimum Gasteiger partial charge on any atom is -0.492 e. The number of aromatic nitrogens is 2. The van der Waals surface area contributed by atoms with E-state index in [-0.39, 0.29) is 5.95 Å². The Morgan fingerprint density at radius 1 is 1.22 bits per heavy atom. The molecule has 2 aromatic rings. The topological polar surface area (TPSA) is 87.0 Å². The highest BCUT2D eigenvalue weighted by Crippen LogP contribution is 2.61. The minimum absolute atomic E-state index is 0.196. The third-order valence-corrected chi connectivity index (χ3v) is 6.18. The zero-order chi connectivity index (χ0) is 16.2. The molecule has 1 aromatic carbocycles. The number of nitrogen functional groups attached to an aromatic ring is 2. The molecule has 0 saturated heterocycles. The highest BCUT2D eigenvalue weighted by atomic mass is 16.5. The summed E-state index contributed by atoms with van der Waals surface area (Å²) in [5.74, 6) is 3.66. The number of anilines is 2. The van der Waals surface area contributed by atoms with Gasteiger partial charge in [0.15, 0.2) is 0 Å². The molecule has 0 unspecified atom stereocenters. The highest BCUT2D eigenvalue weighted by Gasteiger charge is 2.54. The van der Waals surface area contributed by atoms with Crippen LogP contribution in [0.15, 0.2) is 18.2 Å². The van der Waals surface area contributed by atoms with Crippen molar-refractivity contribution in [3.05, 3.63) is 18.2 Å². The normalized spacial score (nSPS) is 28.3. The van der Waals surface area contributed by atoms with Gasteiger partial charge in [-0.05, 0) is 54.6 Å². The van der Waals surface area contributed by atoms with E-state index in [2.05, 4.69) is 23.8 Å². The highest BCUT2D eigenvalue weighted by molar-refractivity contribution is 5.94. The van der Waals surface area contributed by atoms with E-state index in [9.17, 15) is 0 Å². The monoisotopic (exact) mass is 312 g/mol. The lowest BCUT2D eigenvalue weighted by molar-refractivity contribution is -0.114. The molecule has 1 aromatic heterocycles. The van der Waals surface area contributed by atoms with Gasteiger partial charge in [0.25, 0.3) is 0 Å². The molecule has 0 amide bonds. The van der Waals surface area contributed by atoms with Crippen molar-refractivity contribution >= 4 is 22.7 Å². The third-order valence-electron chi connectivity index (χ3n) is 6.18. The molecule has 122 valence electrons. The van der Waals surface area contributed by atoms with Gasteiger partial charge in [-0.3, -0.25) is 0 Å². The Morgan fingerprint density at radius 2 is 2.04 bits per heavy atom. The number of nitrogens with zero attached hydrogens (tertiary/aromatic N) is 2. The van der Waals surface area contributed by atoms with Gasteiger partial charge in [-0.2, -0.15) is 4.98 Å². The first-order valence-corrected chi connectivity index (χ1v) is 8.41. The summed E-state index contributed by atoms with van der Waals surface area (Å²) in [4.78, 5) is 8.31. The summed E-state index contributed by atoms with van der Waals surface area (Å²) in [6.07, 6.45) is 3.95. The van der Waals surface area contributed by atoms with Crippen LogP contribution in [-0.4, -0.2) is 16.6 Å². The van der Waals surface area contributed by atoms with Crippen LogP contribution in [0.2, 0.25) is 0 Å². The van der Waals surface area contributed by atoms with E-state index in [0.717, 1.165) is 35.1 Å². The van der Waals surface area contributed by atoms with Gasteiger partial charge in [-0.25, -0.2) is 4.98 Å². The molecule has 3 fully saturated rings. The van der Waals surface area contributed by atoms with E-state index in [1.54, 1.807) is 0 Å². The fourth-order valence-electron chi connectivity index (χ4n) is 4.68. The van der Waals surface area contributed by atoms with Gasteiger partial charge in [0.2, 0.25) is 5.95 Å². The van der Waals surface area contributed by atoms with E-state index in [1.165, 1.54) is 19.3 Å². The first-order chi connectivity index (χ1) is 11.0. The second-order valence-corrected chi connectivity index (χ2v) is 7.63. The number of ether oxygens (including phenoxy) is 1. The summed E-state index contributed by atoms with van der Waals surface area (Å²) < 4.78 is 6.17. The molecule has 23 heavy (non-hydrogen) atoms. The molecule has 4 N–H and O–H groups in total. The number of fused-ring (bicyclic) bond motifs is 3. The van der Waals surface area contributed by atoms with Crippen molar-refractivity contribution < 1.29 is 4.74 Å². The Morgan fingerprint density at radius 3 is 2.78 bits per heavy atom. The number of hydrogen-bond donors (Lipinski definition) is 2. The molecule has 3 aliphatic carbocycles. The Balaban J connectivity index is 1.57. The maximum atomic E-state index is 6.17. The first-order valence-electron chi connectivity index (χ1n) is 8.41. The average Bonchev–Trinajstić information content (AvgIpc) is 2.52. The van der Waals surface area contributed by atoms with Crippen LogP contribution in [-0.2, 0) is 0 Å². The van der Waals surface area contributed by atoms with Crippen molar-refractivity contribution in [2.75, 3.05) is 18.1 Å². The van der Waals surface area contributed by atoms with Crippen LogP contribution in [0.1, 0.15) is 33.1 Å². The standard InChI is InChI=1S/C18H24N4O/c1-18(2)11-7-6-10(12(18)8-11)9-23-14-5-3-4-13-15(14)16(19)22-17(20)21-13/h3-5,10-12H,6-9H2,1-2H3,(H4,19,20,21,22)/t10-,11+,12+/m1/s1. The van der Waals surface area contributed by atoms with Gasteiger partial charge in [0.05, 0.1) is 17.5 Å². The third kappa shape index (κ3) is 2.21. The molecule has 0 radical (unpaired) electrons. The fraction of sp³-hybridized carbons (Fsp3) is 0.556. The largest absolute Gasteiger partial charge is 0.492 e. The zero-order valence-electron chi connectivity index (χ0n) is 13.7. The molecular weight excluding hydrogens is 288 g/mol. The van der Waals surface area contributed by atoms with Gasteiger partial charge in [-0.15, -0.1) is 0 Å². The molecule has 5 nitrogen and oxygen atoms in total. The van der Waals surface area contributed by atoms with Crippen LogP contribution in [0.25, 0.3) is 10.9 Å². The quantitative estimate of drug-likeness (QED) is 0.908. The summed E-state index contributed by atoms with van der Waals surface area (Å²) >= 11 is 0. The second kappa shape index (κ2) is 4.98. The maximum Gasteiger partial charge on any atom is 0.222 e. The molecule has 3 aliphatic rings. The Kier molecular flexibility index (Phi) is 3.15. The predicted octanol–water partition coefficient (Wildman–Crippen LogP) is 3.25. The Bertz CT molecular complexity index is 756. The van der Waals surface area contributed by atoms with Crippen molar-refractivity contribution in [3.63, 3.8) is 0 Å². The van der Waals surface area contributed by atoms with Crippen molar-refractivity contribution in [3.8, 4) is 5.75 Å². The minimum atomic E-state index is 0.196. The van der Waals surface area contributed by atoms with E-state index >= 15 is 0 Å². The first kappa shape index (κ1) is 14.5. The van der Waals surface area contributed by atoms with Crippen molar-refractivity contribution in [1.29, 1.82) is 0 Å². The molecule has 5 rings (SSSR count). The summed E-state index contributed by atoms with van der Waals surface area (Å²) in [5, 5.41) is 0.767. The predicted molar refractivity (Wildman–Crippen MR) is 92.0 cm³/mol. The van der Waals surface area contributed by atoms with Crippen LogP contribution < -0.4 is 16.2 Å². The molecule has 5 heteroatoms. The van der Waals surface area contributed by atoms with Gasteiger partial charge >= 0.3 is 0 Å². The van der Waals surface area contributed by atoms with Crippen LogP contribution in [0.5, 0.6) is 5.75 Å². The van der Waals surface area contributed by atoms with Crippen LogP contribution >= 0.6 is 0 Å². The fourth-order valence-corrected chi connectivity index (χ4v) is 4.68. The lowest BCUT2D eigenvalue weighted by Gasteiger charge is -2.60. The molecule has 3 atom stereocenters. The number of benzene rings is 1. The molecule has 2 bridgehead atoms. The van der Waals surface area contributed by atoms with Crippen LogP contribution in [0.3, 0.4) is 0 Å². The molecule has 3 saturated carbocycles. The van der Waals surface area contributed by atoms with Crippen molar-refractivity contribution in [2.45, 2.75) is 33.1 Å². The van der Waals surface area contributed by atoms with E-state index in [0.29, 0.717) is 17.2 Å². The number of hydrogen-bond acceptors (Lipinski definition) is 5. The maximum absolute atomic E-state index is 6.17. The average molecular weight is 312 g/mol. The number of nitrogens with two attached hydrogens (primary N) is 2. The van der Waals surface area contributed by atoms with Gasteiger partial charge in [-0.1, -0.05) is 19.9 Å². The van der Waals surface area contributed by atoms with Gasteiger partial charge in [0, 0.05) is 0 Å². The van der Waals surface area contributed by atoms with Crippen LogP contribution in [0, 0.1) is 23.2 Å². The summed E-state index contributed by atoms with van der Waals surface area (Å²) in [6.45, 7) is 5.55. The summed E-state index contributed by atoms with van der Waals surface area (Å²) in [7, 11) is 0. The molecule has 0 spiro atoms. The van der Waals surface area contributed by atoms with E-state index < -0.39 is 0 Å². The lowest BCUT2D eigenvalue weighted by atomic mass is 9.46. The zero-order valence-corrected chi connectivity index (χ0v) is 13.7. The van der Waals surface area contributed by atoms with Gasteiger partial charge in [0.1, 0.15) is 11.6 Å². The van der Waals surface area contributed by atoms with Crippen LogP contribution in [0.4, 0.5) is 11.8 Å². The van der Waals surface area contributed by atoms with Crippen molar-refractivity contribution in [2.24, 2.45) is 23.2 Å². The van der Waals surface area contributed by atoms with Crippen molar-refractivity contribution in [1.82, 2.24) is 9.97 Å². The summed E-state index contributed by atoms with van der Waals surface area (Å²) in [6, 6.07) is 5.75. The number of rotatable bonds is 3. The molecule has 0 aliphatic heterocycles. The van der Waals surface area contributed by atoms with E-state index in [4.69, 9.17) is 16.2 Å². The second-order valence-electron chi connectivity index (χ2n) is 7.63. The Labute approximate surface area is 136 Å². The lowest BCUT2D eigenvalue weighted by Crippen LogP contribution is -2.53. The SMILES string of the molecule is CC1(C)[C@H]2CC[C@H](COc3cccc4nc(N)nc(N)c34)[C@@H]1C2.